The van der Waals surface area contributed by atoms with E-state index in [9.17, 15) is 19.5 Å². The lowest BCUT2D eigenvalue weighted by Crippen LogP contribution is -2.50. The van der Waals surface area contributed by atoms with E-state index >= 15 is 0 Å². The Morgan fingerprint density at radius 3 is 2.46 bits per heavy atom. The van der Waals surface area contributed by atoms with E-state index in [1.807, 2.05) is 30.3 Å². The Balaban J connectivity index is 1.98. The van der Waals surface area contributed by atoms with Gasteiger partial charge in [0, 0.05) is 13.6 Å². The molecular weight excluding hydrogens is 328 g/mol. The number of thiophene rings is 1. The number of aliphatic hydroxyl groups is 1. The Morgan fingerprint density at radius 1 is 1.17 bits per heavy atom. The Bertz CT molecular complexity index is 701. The van der Waals surface area contributed by atoms with Gasteiger partial charge in [0.05, 0.1) is 11.5 Å². The lowest BCUT2D eigenvalue weighted by Gasteiger charge is -2.23. The number of hydrogen-bond donors (Lipinski definition) is 2. The molecule has 7 heteroatoms. The van der Waals surface area contributed by atoms with Gasteiger partial charge in [-0.3, -0.25) is 14.4 Å². The molecule has 6 nitrogen and oxygen atoms in total. The Labute approximate surface area is 143 Å². The fraction of sp³-hybridized carbons (Fsp3) is 0.235. The van der Waals surface area contributed by atoms with Crippen molar-refractivity contribution >= 4 is 28.9 Å². The fourth-order valence-electron chi connectivity index (χ4n) is 2.13. The first-order valence-electron chi connectivity index (χ1n) is 7.31. The topological polar surface area (TPSA) is 86.7 Å². The van der Waals surface area contributed by atoms with E-state index in [-0.39, 0.29) is 4.88 Å². The minimum Gasteiger partial charge on any atom is -0.394 e. The van der Waals surface area contributed by atoms with Crippen LogP contribution in [0, 0.1) is 0 Å². The summed E-state index contributed by atoms with van der Waals surface area (Å²) >= 11 is 1.14. The summed E-state index contributed by atoms with van der Waals surface area (Å²) in [6, 6.07) is 11.4. The third-order valence-electron chi connectivity index (χ3n) is 3.38. The number of hydrogen-bond acceptors (Lipinski definition) is 5. The smallest absolute Gasteiger partial charge is 0.293 e. The maximum absolute atomic E-state index is 12.4. The number of benzene rings is 1. The van der Waals surface area contributed by atoms with E-state index in [1.54, 1.807) is 18.5 Å². The van der Waals surface area contributed by atoms with Gasteiger partial charge in [-0.25, -0.2) is 0 Å². The van der Waals surface area contributed by atoms with Gasteiger partial charge in [-0.05, 0) is 17.0 Å². The van der Waals surface area contributed by atoms with Gasteiger partial charge in [0.2, 0.25) is 5.91 Å². The molecule has 0 aliphatic carbocycles. The predicted octanol–water partition coefficient (Wildman–Crippen LogP) is 1.07. The van der Waals surface area contributed by atoms with Gasteiger partial charge in [0.15, 0.2) is 0 Å². The zero-order valence-electron chi connectivity index (χ0n) is 13.1. The summed E-state index contributed by atoms with van der Waals surface area (Å²) in [6.07, 6.45) is 0. The highest BCUT2D eigenvalue weighted by atomic mass is 32.1. The fourth-order valence-corrected chi connectivity index (χ4v) is 2.79. The Hall–Kier alpha value is -2.51. The molecule has 1 aromatic carbocycles. The third kappa shape index (κ3) is 4.50. The van der Waals surface area contributed by atoms with Gasteiger partial charge >= 0.3 is 0 Å². The molecule has 24 heavy (non-hydrogen) atoms. The molecule has 1 unspecified atom stereocenters. The van der Waals surface area contributed by atoms with Gasteiger partial charge in [-0.15, -0.1) is 11.3 Å². The first-order chi connectivity index (χ1) is 11.5. The van der Waals surface area contributed by atoms with Crippen LogP contribution in [0.5, 0.6) is 0 Å². The molecule has 2 aromatic rings. The standard InChI is InChI=1S/C17H18N2O4S/c1-19(10-12-6-3-2-4-7-12)17(23)13(11-20)18-16(22)15(21)14-8-5-9-24-14/h2-9,13,20H,10-11H2,1H3,(H,18,22). The number of nitrogens with zero attached hydrogens (tertiary/aromatic N) is 1. The van der Waals surface area contributed by atoms with Gasteiger partial charge in [-0.2, -0.15) is 0 Å². The van der Waals surface area contributed by atoms with Crippen LogP contribution in [0.4, 0.5) is 0 Å². The minimum atomic E-state index is -1.16. The van der Waals surface area contributed by atoms with Gasteiger partial charge < -0.3 is 15.3 Å². The number of carbonyl (C=O) groups excluding carboxylic acids is 3. The van der Waals surface area contributed by atoms with Crippen LogP contribution in [0.25, 0.3) is 0 Å². The van der Waals surface area contributed by atoms with E-state index in [2.05, 4.69) is 5.32 Å². The molecule has 2 N–H and O–H groups in total. The van der Waals surface area contributed by atoms with E-state index < -0.39 is 30.2 Å². The van der Waals surface area contributed by atoms with Crippen LogP contribution in [0.1, 0.15) is 15.2 Å². The molecule has 0 saturated carbocycles. The van der Waals surface area contributed by atoms with Crippen molar-refractivity contribution in [1.82, 2.24) is 10.2 Å². The number of likely N-dealkylation sites (N-methyl/N-ethyl adjacent to an activating group) is 1. The average Bonchev–Trinajstić information content (AvgIpc) is 3.13. The highest BCUT2D eigenvalue weighted by molar-refractivity contribution is 7.13. The minimum absolute atomic E-state index is 0.286. The molecule has 2 amide bonds. The summed E-state index contributed by atoms with van der Waals surface area (Å²) in [7, 11) is 1.57. The largest absolute Gasteiger partial charge is 0.394 e. The summed E-state index contributed by atoms with van der Waals surface area (Å²) in [5, 5.41) is 13.4. The van der Waals surface area contributed by atoms with Crippen molar-refractivity contribution in [1.29, 1.82) is 0 Å². The van der Waals surface area contributed by atoms with Crippen molar-refractivity contribution in [2.45, 2.75) is 12.6 Å². The lowest BCUT2D eigenvalue weighted by atomic mass is 10.2. The van der Waals surface area contributed by atoms with Crippen LogP contribution in [0.15, 0.2) is 47.8 Å². The zero-order chi connectivity index (χ0) is 17.5. The highest BCUT2D eigenvalue weighted by Gasteiger charge is 2.27. The zero-order valence-corrected chi connectivity index (χ0v) is 14.0. The molecule has 0 spiro atoms. The van der Waals surface area contributed by atoms with Crippen LogP contribution in [-0.4, -0.2) is 47.3 Å². The molecule has 1 aromatic heterocycles. The van der Waals surface area contributed by atoms with E-state index in [0.717, 1.165) is 16.9 Å². The molecule has 1 atom stereocenters. The molecule has 0 bridgehead atoms. The second-order valence-corrected chi connectivity index (χ2v) is 6.14. The van der Waals surface area contributed by atoms with Crippen molar-refractivity contribution in [3.05, 3.63) is 58.3 Å². The SMILES string of the molecule is CN(Cc1ccccc1)C(=O)C(CO)NC(=O)C(=O)c1cccs1. The van der Waals surface area contributed by atoms with Crippen molar-refractivity contribution in [2.75, 3.05) is 13.7 Å². The molecule has 126 valence electrons. The van der Waals surface area contributed by atoms with Crippen molar-refractivity contribution in [3.8, 4) is 0 Å². The average molecular weight is 346 g/mol. The number of aliphatic hydroxyl groups excluding tert-OH is 1. The number of amides is 2. The quantitative estimate of drug-likeness (QED) is 0.580. The van der Waals surface area contributed by atoms with Gasteiger partial charge in [-0.1, -0.05) is 36.4 Å². The summed E-state index contributed by atoms with van der Waals surface area (Å²) in [5.41, 5.74) is 0.922. The summed E-state index contributed by atoms with van der Waals surface area (Å²) in [5.74, 6) is -2.09. The number of Topliss-reactive ketones (excluding diaryl/α,β-unsaturated/α-hetero) is 1. The molecule has 2 rings (SSSR count). The first-order valence-corrected chi connectivity index (χ1v) is 8.19. The van der Waals surface area contributed by atoms with Crippen molar-refractivity contribution in [3.63, 3.8) is 0 Å². The number of rotatable bonds is 7. The molecule has 1 heterocycles. The Morgan fingerprint density at radius 2 is 1.88 bits per heavy atom. The number of ketones is 1. The van der Waals surface area contributed by atoms with Crippen LogP contribution in [0.3, 0.4) is 0 Å². The number of nitrogens with one attached hydrogen (secondary N) is 1. The maximum atomic E-state index is 12.4. The molecule has 0 saturated heterocycles. The Kier molecular flexibility index (Phi) is 6.22. The van der Waals surface area contributed by atoms with Gasteiger partial charge in [0.1, 0.15) is 6.04 Å². The lowest BCUT2D eigenvalue weighted by molar-refractivity contribution is -0.136. The summed E-state index contributed by atoms with van der Waals surface area (Å²) in [4.78, 5) is 37.9. The summed E-state index contributed by atoms with van der Waals surface area (Å²) < 4.78 is 0. The molecule has 0 aliphatic heterocycles. The second-order valence-electron chi connectivity index (χ2n) is 5.19. The molecule has 0 fully saturated rings. The van der Waals surface area contributed by atoms with Crippen LogP contribution < -0.4 is 5.32 Å². The molecule has 0 aliphatic rings. The molecule has 0 radical (unpaired) electrons. The van der Waals surface area contributed by atoms with Crippen molar-refractivity contribution < 1.29 is 19.5 Å². The maximum Gasteiger partial charge on any atom is 0.293 e. The second kappa shape index (κ2) is 8.37. The van der Waals surface area contributed by atoms with Gasteiger partial charge in [0.25, 0.3) is 11.7 Å². The normalized spacial score (nSPS) is 11.6. The first kappa shape index (κ1) is 17.8. The molecular formula is C17H18N2O4S. The van der Waals surface area contributed by atoms with Crippen LogP contribution >= 0.6 is 11.3 Å². The van der Waals surface area contributed by atoms with E-state index in [0.29, 0.717) is 6.54 Å². The van der Waals surface area contributed by atoms with Crippen LogP contribution in [-0.2, 0) is 16.1 Å². The van der Waals surface area contributed by atoms with E-state index in [1.165, 1.54) is 11.0 Å². The monoisotopic (exact) mass is 346 g/mol. The van der Waals surface area contributed by atoms with Crippen molar-refractivity contribution in [2.24, 2.45) is 0 Å². The highest BCUT2D eigenvalue weighted by Crippen LogP contribution is 2.10. The number of carbonyl (C=O) groups is 3. The third-order valence-corrected chi connectivity index (χ3v) is 4.24. The predicted molar refractivity (Wildman–Crippen MR) is 90.6 cm³/mol. The van der Waals surface area contributed by atoms with Crippen LogP contribution in [0.2, 0.25) is 0 Å². The van der Waals surface area contributed by atoms with E-state index in [4.69, 9.17) is 0 Å². The summed E-state index contributed by atoms with van der Waals surface area (Å²) in [6.45, 7) is -0.244.